The zero-order valence-corrected chi connectivity index (χ0v) is 12.0. The molecule has 114 valence electrons. The van der Waals surface area contributed by atoms with Crippen molar-refractivity contribution in [3.8, 4) is 0 Å². The standard InChI is InChI=1S/C12H14N2O6S/c1-3-6-13(8-12(15)16)10-5-4-9(21(2,19)20)7-11(10)14(17)18/h3-5,7H,1,6,8H2,2H3,(H,15,16). The zero-order chi connectivity index (χ0) is 16.2. The fourth-order valence-corrected chi connectivity index (χ4v) is 2.36. The summed E-state index contributed by atoms with van der Waals surface area (Å²) in [7, 11) is -3.60. The number of nitro benzene ring substituents is 1. The van der Waals surface area contributed by atoms with Crippen molar-refractivity contribution in [2.45, 2.75) is 4.90 Å². The summed E-state index contributed by atoms with van der Waals surface area (Å²) in [6.45, 7) is 3.07. The lowest BCUT2D eigenvalue weighted by Gasteiger charge is -2.21. The molecule has 1 aromatic carbocycles. The van der Waals surface area contributed by atoms with Crippen molar-refractivity contribution in [1.29, 1.82) is 0 Å². The number of rotatable bonds is 7. The third-order valence-corrected chi connectivity index (χ3v) is 3.70. The normalized spacial score (nSPS) is 10.9. The Morgan fingerprint density at radius 2 is 2.14 bits per heavy atom. The molecule has 0 heterocycles. The maximum atomic E-state index is 11.4. The van der Waals surface area contributed by atoms with E-state index >= 15 is 0 Å². The van der Waals surface area contributed by atoms with Crippen LogP contribution >= 0.6 is 0 Å². The summed E-state index contributed by atoms with van der Waals surface area (Å²) < 4.78 is 22.9. The maximum Gasteiger partial charge on any atom is 0.323 e. The van der Waals surface area contributed by atoms with Crippen molar-refractivity contribution in [1.82, 2.24) is 0 Å². The Bertz CT molecular complexity index is 683. The van der Waals surface area contributed by atoms with Crippen LogP contribution in [0.2, 0.25) is 0 Å². The number of aliphatic carboxylic acids is 1. The fraction of sp³-hybridized carbons (Fsp3) is 0.250. The van der Waals surface area contributed by atoms with Crippen molar-refractivity contribution < 1.29 is 23.2 Å². The molecule has 0 saturated carbocycles. The van der Waals surface area contributed by atoms with Crippen LogP contribution in [0, 0.1) is 10.1 Å². The molecule has 0 aliphatic rings. The number of nitro groups is 1. The second-order valence-electron chi connectivity index (χ2n) is 4.24. The molecule has 0 spiro atoms. The quantitative estimate of drug-likeness (QED) is 0.454. The van der Waals surface area contributed by atoms with E-state index in [-0.39, 0.29) is 17.1 Å². The van der Waals surface area contributed by atoms with Crippen molar-refractivity contribution >= 4 is 27.2 Å². The Morgan fingerprint density at radius 1 is 1.52 bits per heavy atom. The van der Waals surface area contributed by atoms with Gasteiger partial charge in [0.15, 0.2) is 9.84 Å². The molecular formula is C12H14N2O6S. The smallest absolute Gasteiger partial charge is 0.323 e. The summed E-state index contributed by atoms with van der Waals surface area (Å²) in [6, 6.07) is 3.35. The molecule has 0 saturated heterocycles. The first-order chi connectivity index (χ1) is 9.66. The van der Waals surface area contributed by atoms with Gasteiger partial charge in [-0.05, 0) is 12.1 Å². The molecule has 0 aliphatic carbocycles. The van der Waals surface area contributed by atoms with Crippen LogP contribution in [0.1, 0.15) is 0 Å². The summed E-state index contributed by atoms with van der Waals surface area (Å²) in [6.07, 6.45) is 2.33. The van der Waals surface area contributed by atoms with Crippen molar-refractivity contribution in [2.75, 3.05) is 24.2 Å². The van der Waals surface area contributed by atoms with E-state index in [1.165, 1.54) is 23.1 Å². The lowest BCUT2D eigenvalue weighted by molar-refractivity contribution is -0.384. The first-order valence-corrected chi connectivity index (χ1v) is 7.62. The van der Waals surface area contributed by atoms with Crippen LogP contribution in [-0.4, -0.2) is 43.8 Å². The molecule has 0 atom stereocenters. The number of carboxylic acids is 1. The van der Waals surface area contributed by atoms with E-state index in [2.05, 4.69) is 6.58 Å². The van der Waals surface area contributed by atoms with E-state index in [0.29, 0.717) is 0 Å². The zero-order valence-electron chi connectivity index (χ0n) is 11.2. The molecule has 21 heavy (non-hydrogen) atoms. The Balaban J connectivity index is 3.42. The highest BCUT2D eigenvalue weighted by Crippen LogP contribution is 2.30. The van der Waals surface area contributed by atoms with Crippen molar-refractivity contribution in [3.63, 3.8) is 0 Å². The molecule has 8 nitrogen and oxygen atoms in total. The minimum atomic E-state index is -3.60. The largest absolute Gasteiger partial charge is 0.480 e. The predicted octanol–water partition coefficient (Wildman–Crippen LogP) is 1.08. The maximum absolute atomic E-state index is 11.4. The van der Waals surface area contributed by atoms with Gasteiger partial charge in [0.05, 0.1) is 9.82 Å². The summed E-state index contributed by atoms with van der Waals surface area (Å²) in [5, 5.41) is 19.9. The molecule has 0 amide bonds. The van der Waals surface area contributed by atoms with Crippen LogP contribution in [0.5, 0.6) is 0 Å². The SMILES string of the molecule is C=CCN(CC(=O)O)c1ccc(S(C)(=O)=O)cc1[N+](=O)[O-]. The van der Waals surface area contributed by atoms with Crippen LogP contribution in [0.4, 0.5) is 11.4 Å². The van der Waals surface area contributed by atoms with Gasteiger partial charge < -0.3 is 10.0 Å². The van der Waals surface area contributed by atoms with Gasteiger partial charge in [0, 0.05) is 18.9 Å². The van der Waals surface area contributed by atoms with Gasteiger partial charge in [-0.2, -0.15) is 0 Å². The Kier molecular flexibility index (Phi) is 5.03. The highest BCUT2D eigenvalue weighted by molar-refractivity contribution is 7.90. The van der Waals surface area contributed by atoms with E-state index in [1.807, 2.05) is 0 Å². The van der Waals surface area contributed by atoms with Crippen LogP contribution in [0.25, 0.3) is 0 Å². The third kappa shape index (κ3) is 4.28. The van der Waals surface area contributed by atoms with Crippen LogP contribution in [0.15, 0.2) is 35.7 Å². The molecule has 0 bridgehead atoms. The van der Waals surface area contributed by atoms with Crippen molar-refractivity contribution in [3.05, 3.63) is 41.0 Å². The van der Waals surface area contributed by atoms with Gasteiger partial charge in [0.1, 0.15) is 12.2 Å². The predicted molar refractivity (Wildman–Crippen MR) is 76.3 cm³/mol. The lowest BCUT2D eigenvalue weighted by Crippen LogP contribution is -2.30. The topological polar surface area (TPSA) is 118 Å². The van der Waals surface area contributed by atoms with Crippen LogP contribution in [0.3, 0.4) is 0 Å². The second-order valence-corrected chi connectivity index (χ2v) is 6.26. The highest BCUT2D eigenvalue weighted by atomic mass is 32.2. The molecule has 1 aromatic rings. The van der Waals surface area contributed by atoms with Gasteiger partial charge in [-0.3, -0.25) is 14.9 Å². The highest BCUT2D eigenvalue weighted by Gasteiger charge is 2.23. The van der Waals surface area contributed by atoms with E-state index < -0.39 is 33.0 Å². The molecule has 0 unspecified atom stereocenters. The molecule has 0 radical (unpaired) electrons. The van der Waals surface area contributed by atoms with Gasteiger partial charge in [-0.15, -0.1) is 6.58 Å². The van der Waals surface area contributed by atoms with E-state index in [1.54, 1.807) is 0 Å². The number of hydrogen-bond donors (Lipinski definition) is 1. The van der Waals surface area contributed by atoms with Gasteiger partial charge in [-0.1, -0.05) is 6.08 Å². The van der Waals surface area contributed by atoms with E-state index in [9.17, 15) is 23.3 Å². The monoisotopic (exact) mass is 314 g/mol. The summed E-state index contributed by atoms with van der Waals surface area (Å²) in [5.41, 5.74) is -0.448. The number of nitrogens with zero attached hydrogens (tertiary/aromatic N) is 2. The van der Waals surface area contributed by atoms with Gasteiger partial charge in [0.2, 0.25) is 0 Å². The van der Waals surface area contributed by atoms with E-state index in [0.717, 1.165) is 12.3 Å². The van der Waals surface area contributed by atoms with Crippen LogP contribution < -0.4 is 4.90 Å². The molecule has 0 aromatic heterocycles. The molecule has 1 rings (SSSR count). The summed E-state index contributed by atoms with van der Waals surface area (Å²) >= 11 is 0. The third-order valence-electron chi connectivity index (χ3n) is 2.59. The number of anilines is 1. The average Bonchev–Trinajstić information content (AvgIpc) is 2.36. The Morgan fingerprint density at radius 3 is 2.57 bits per heavy atom. The number of hydrogen-bond acceptors (Lipinski definition) is 6. The minimum Gasteiger partial charge on any atom is -0.480 e. The molecule has 9 heteroatoms. The molecule has 0 aliphatic heterocycles. The average molecular weight is 314 g/mol. The molecule has 1 N–H and O–H groups in total. The van der Waals surface area contributed by atoms with Gasteiger partial charge in [-0.25, -0.2) is 8.42 Å². The first kappa shape index (κ1) is 16.6. The molecule has 0 fully saturated rings. The summed E-state index contributed by atoms with van der Waals surface area (Å²) in [4.78, 5) is 22.2. The number of benzene rings is 1. The fourth-order valence-electron chi connectivity index (χ4n) is 1.71. The number of carboxylic acid groups (broad SMARTS) is 1. The number of sulfone groups is 1. The second kappa shape index (κ2) is 6.35. The van der Waals surface area contributed by atoms with Gasteiger partial charge in [0.25, 0.3) is 5.69 Å². The number of carbonyl (C=O) groups is 1. The minimum absolute atomic E-state index is 0.0229. The summed E-state index contributed by atoms with van der Waals surface area (Å²) in [5.74, 6) is -1.17. The van der Waals surface area contributed by atoms with Gasteiger partial charge >= 0.3 is 5.97 Å². The van der Waals surface area contributed by atoms with Crippen molar-refractivity contribution in [2.24, 2.45) is 0 Å². The van der Waals surface area contributed by atoms with Crippen LogP contribution in [-0.2, 0) is 14.6 Å². The lowest BCUT2D eigenvalue weighted by atomic mass is 10.2. The first-order valence-electron chi connectivity index (χ1n) is 5.73. The molecular weight excluding hydrogens is 300 g/mol. The Hall–Kier alpha value is -2.42. The Labute approximate surface area is 121 Å². The van der Waals surface area contributed by atoms with E-state index in [4.69, 9.17) is 5.11 Å².